The Balaban J connectivity index is 2.05. The summed E-state index contributed by atoms with van der Waals surface area (Å²) in [5.41, 5.74) is 1.40. The van der Waals surface area contributed by atoms with Crippen LogP contribution in [-0.4, -0.2) is 13.1 Å². The lowest BCUT2D eigenvalue weighted by Crippen LogP contribution is -2.41. The molecule has 0 spiro atoms. The fraction of sp³-hybridized carbons (Fsp3) is 0.571. The molecule has 17 heavy (non-hydrogen) atoms. The Morgan fingerprint density at radius 1 is 1.41 bits per heavy atom. The van der Waals surface area contributed by atoms with E-state index in [1.54, 1.807) is 12.1 Å². The van der Waals surface area contributed by atoms with Crippen LogP contribution >= 0.6 is 11.6 Å². The Hall–Kier alpha value is -0.600. The lowest BCUT2D eigenvalue weighted by molar-refractivity contribution is 0.131. The molecule has 0 radical (unpaired) electrons. The largest absolute Gasteiger partial charge is 0.316 e. The number of hydrogen-bond acceptors (Lipinski definition) is 1. The average Bonchev–Trinajstić information content (AvgIpc) is 2.27. The molecule has 0 amide bonds. The summed E-state index contributed by atoms with van der Waals surface area (Å²) in [5, 5.41) is 3.63. The molecule has 0 unspecified atom stereocenters. The first kappa shape index (κ1) is 12.8. The molecule has 0 aliphatic heterocycles. The van der Waals surface area contributed by atoms with Crippen molar-refractivity contribution >= 4 is 11.6 Å². The van der Waals surface area contributed by atoms with Gasteiger partial charge in [0.2, 0.25) is 0 Å². The molecule has 0 heterocycles. The molecule has 0 aromatic heterocycles. The first-order valence-electron chi connectivity index (χ1n) is 6.30. The van der Waals surface area contributed by atoms with Gasteiger partial charge in [0.15, 0.2) is 0 Å². The highest BCUT2D eigenvalue weighted by Crippen LogP contribution is 2.43. The summed E-state index contributed by atoms with van der Waals surface area (Å²) < 4.78 is 13.4. The van der Waals surface area contributed by atoms with Gasteiger partial charge in [-0.2, -0.15) is 0 Å². The highest BCUT2D eigenvalue weighted by molar-refractivity contribution is 6.30. The molecular formula is C14H19ClFN. The highest BCUT2D eigenvalue weighted by Gasteiger charge is 2.36. The van der Waals surface area contributed by atoms with E-state index in [4.69, 9.17) is 11.6 Å². The Bertz CT molecular complexity index is 388. The van der Waals surface area contributed by atoms with Crippen molar-refractivity contribution in [1.29, 1.82) is 0 Å². The number of nitrogens with one attached hydrogen (secondary N) is 1. The molecule has 1 aromatic rings. The fourth-order valence-corrected chi connectivity index (χ4v) is 2.68. The number of rotatable bonds is 5. The molecule has 1 saturated carbocycles. The van der Waals surface area contributed by atoms with Crippen LogP contribution in [0.4, 0.5) is 4.39 Å². The minimum absolute atomic E-state index is 0.211. The number of halogens is 2. The van der Waals surface area contributed by atoms with Crippen molar-refractivity contribution in [2.75, 3.05) is 13.1 Å². The molecule has 1 fully saturated rings. The van der Waals surface area contributed by atoms with Crippen LogP contribution in [0.1, 0.15) is 31.7 Å². The van der Waals surface area contributed by atoms with Gasteiger partial charge in [-0.15, -0.1) is 0 Å². The Labute approximate surface area is 107 Å². The van der Waals surface area contributed by atoms with Gasteiger partial charge in [0.05, 0.1) is 5.02 Å². The molecule has 94 valence electrons. The van der Waals surface area contributed by atoms with Crippen molar-refractivity contribution in [1.82, 2.24) is 5.32 Å². The van der Waals surface area contributed by atoms with Crippen LogP contribution in [0.15, 0.2) is 18.2 Å². The van der Waals surface area contributed by atoms with Gasteiger partial charge < -0.3 is 5.32 Å². The molecule has 0 atom stereocenters. The van der Waals surface area contributed by atoms with E-state index >= 15 is 0 Å². The zero-order valence-corrected chi connectivity index (χ0v) is 11.0. The van der Waals surface area contributed by atoms with Crippen LogP contribution in [0.2, 0.25) is 5.02 Å². The molecular weight excluding hydrogens is 237 g/mol. The van der Waals surface area contributed by atoms with Crippen LogP contribution in [0.5, 0.6) is 0 Å². The molecule has 2 rings (SSSR count). The monoisotopic (exact) mass is 255 g/mol. The third-order valence-corrected chi connectivity index (χ3v) is 4.03. The smallest absolute Gasteiger partial charge is 0.142 e. The van der Waals surface area contributed by atoms with Crippen LogP contribution in [0, 0.1) is 11.2 Å². The lowest BCUT2D eigenvalue weighted by Gasteiger charge is -2.42. The summed E-state index contributed by atoms with van der Waals surface area (Å²) in [6.45, 7) is 4.15. The van der Waals surface area contributed by atoms with Gasteiger partial charge in [-0.3, -0.25) is 0 Å². The second kappa shape index (κ2) is 5.36. The van der Waals surface area contributed by atoms with Gasteiger partial charge in [-0.25, -0.2) is 4.39 Å². The molecule has 0 bridgehead atoms. The lowest BCUT2D eigenvalue weighted by atomic mass is 9.65. The van der Waals surface area contributed by atoms with E-state index in [2.05, 4.69) is 12.2 Å². The maximum absolute atomic E-state index is 13.4. The third kappa shape index (κ3) is 2.99. The molecule has 1 nitrogen and oxygen atoms in total. The maximum Gasteiger partial charge on any atom is 0.142 e. The predicted octanol–water partition coefficient (Wildman–Crippen LogP) is 3.80. The summed E-state index contributed by atoms with van der Waals surface area (Å²) >= 11 is 5.70. The van der Waals surface area contributed by atoms with Crippen LogP contribution in [0.25, 0.3) is 0 Å². The van der Waals surface area contributed by atoms with E-state index in [0.29, 0.717) is 5.41 Å². The fourth-order valence-electron chi connectivity index (χ4n) is 2.57. The van der Waals surface area contributed by atoms with E-state index < -0.39 is 0 Å². The molecule has 1 N–H and O–H groups in total. The van der Waals surface area contributed by atoms with E-state index in [9.17, 15) is 4.39 Å². The van der Waals surface area contributed by atoms with Gasteiger partial charge in [0.1, 0.15) is 5.82 Å². The summed E-state index contributed by atoms with van der Waals surface area (Å²) in [4.78, 5) is 0. The van der Waals surface area contributed by atoms with E-state index in [-0.39, 0.29) is 10.8 Å². The second-order valence-corrected chi connectivity index (χ2v) is 5.47. The quantitative estimate of drug-likeness (QED) is 0.844. The Morgan fingerprint density at radius 2 is 2.18 bits per heavy atom. The van der Waals surface area contributed by atoms with Crippen LogP contribution in [-0.2, 0) is 6.42 Å². The molecule has 1 aromatic carbocycles. The summed E-state index contributed by atoms with van der Waals surface area (Å²) in [5.74, 6) is -0.304. The van der Waals surface area contributed by atoms with Crippen molar-refractivity contribution < 1.29 is 4.39 Å². The van der Waals surface area contributed by atoms with Crippen molar-refractivity contribution in [2.24, 2.45) is 5.41 Å². The number of hydrogen-bond donors (Lipinski definition) is 1. The first-order chi connectivity index (χ1) is 8.15. The zero-order valence-electron chi connectivity index (χ0n) is 10.2. The minimum atomic E-state index is -0.304. The van der Waals surface area contributed by atoms with Gasteiger partial charge in [0, 0.05) is 6.54 Å². The molecule has 1 aliphatic rings. The van der Waals surface area contributed by atoms with Gasteiger partial charge in [-0.1, -0.05) is 31.0 Å². The zero-order chi connectivity index (χ0) is 12.3. The van der Waals surface area contributed by atoms with Crippen molar-refractivity contribution in [2.45, 2.75) is 32.6 Å². The summed E-state index contributed by atoms with van der Waals surface area (Å²) in [7, 11) is 0. The first-order valence-corrected chi connectivity index (χ1v) is 6.68. The minimum Gasteiger partial charge on any atom is -0.316 e. The third-order valence-electron chi connectivity index (χ3n) is 3.73. The Morgan fingerprint density at radius 3 is 2.71 bits per heavy atom. The van der Waals surface area contributed by atoms with Gasteiger partial charge in [0.25, 0.3) is 0 Å². The van der Waals surface area contributed by atoms with Crippen molar-refractivity contribution in [3.63, 3.8) is 0 Å². The SMILES string of the molecule is CCNCC1(Cc2ccc(Cl)c(F)c2)CCC1. The maximum atomic E-state index is 13.4. The molecule has 3 heteroatoms. The molecule has 1 aliphatic carbocycles. The number of benzene rings is 1. The van der Waals surface area contributed by atoms with Gasteiger partial charge in [-0.05, 0) is 48.9 Å². The Kier molecular flexibility index (Phi) is 4.05. The van der Waals surface area contributed by atoms with Gasteiger partial charge >= 0.3 is 0 Å². The summed E-state index contributed by atoms with van der Waals surface area (Å²) in [6, 6.07) is 5.18. The van der Waals surface area contributed by atoms with E-state index in [0.717, 1.165) is 25.1 Å². The van der Waals surface area contributed by atoms with E-state index in [1.165, 1.54) is 19.3 Å². The van der Waals surface area contributed by atoms with Crippen molar-refractivity contribution in [3.8, 4) is 0 Å². The van der Waals surface area contributed by atoms with Crippen LogP contribution < -0.4 is 5.32 Å². The molecule has 0 saturated heterocycles. The topological polar surface area (TPSA) is 12.0 Å². The predicted molar refractivity (Wildman–Crippen MR) is 69.9 cm³/mol. The normalized spacial score (nSPS) is 17.8. The van der Waals surface area contributed by atoms with E-state index in [1.807, 2.05) is 6.07 Å². The van der Waals surface area contributed by atoms with Crippen LogP contribution in [0.3, 0.4) is 0 Å². The summed E-state index contributed by atoms with van der Waals surface area (Å²) in [6.07, 6.45) is 4.73. The highest BCUT2D eigenvalue weighted by atomic mass is 35.5. The standard InChI is InChI=1S/C14H19ClFN/c1-2-17-10-14(6-3-7-14)9-11-4-5-12(15)13(16)8-11/h4-5,8,17H,2-3,6-7,9-10H2,1H3. The van der Waals surface area contributed by atoms with Crippen molar-refractivity contribution in [3.05, 3.63) is 34.6 Å². The average molecular weight is 256 g/mol. The second-order valence-electron chi connectivity index (χ2n) is 5.06.